The van der Waals surface area contributed by atoms with E-state index in [0.29, 0.717) is 17.6 Å². The van der Waals surface area contributed by atoms with Gasteiger partial charge in [0, 0.05) is 11.6 Å². The molecule has 3 atom stereocenters. The van der Waals surface area contributed by atoms with E-state index in [1.165, 1.54) is 6.42 Å². The highest BCUT2D eigenvalue weighted by Gasteiger charge is 2.28. The number of ether oxygens (including phenoxy) is 1. The SMILES string of the molecule is Cc1oc(-c2ccccc2)nc1C(=O)O[C@@H](C)C(=O)N[C@@H]1CCCC[C@@H]1C. The Hall–Kier alpha value is -2.63. The van der Waals surface area contributed by atoms with E-state index in [9.17, 15) is 9.59 Å². The number of esters is 1. The summed E-state index contributed by atoms with van der Waals surface area (Å²) in [5, 5.41) is 3.01. The van der Waals surface area contributed by atoms with Crippen LogP contribution in [0.25, 0.3) is 11.5 Å². The van der Waals surface area contributed by atoms with Crippen LogP contribution < -0.4 is 5.32 Å². The predicted octanol–water partition coefficient (Wildman–Crippen LogP) is 3.89. The third-order valence-corrected chi connectivity index (χ3v) is 5.10. The van der Waals surface area contributed by atoms with E-state index in [2.05, 4.69) is 17.2 Å². The normalized spacial score (nSPS) is 20.7. The second-order valence-electron chi connectivity index (χ2n) is 7.21. The second kappa shape index (κ2) is 8.37. The minimum atomic E-state index is -0.886. The molecule has 6 nitrogen and oxygen atoms in total. The van der Waals surface area contributed by atoms with Gasteiger partial charge >= 0.3 is 5.97 Å². The van der Waals surface area contributed by atoms with Gasteiger partial charge in [-0.3, -0.25) is 4.79 Å². The predicted molar refractivity (Wildman–Crippen MR) is 101 cm³/mol. The Bertz CT molecular complexity index is 800. The van der Waals surface area contributed by atoms with Gasteiger partial charge in [-0.15, -0.1) is 0 Å². The lowest BCUT2D eigenvalue weighted by molar-refractivity contribution is -0.130. The van der Waals surface area contributed by atoms with Crippen LogP contribution in [0.5, 0.6) is 0 Å². The Labute approximate surface area is 159 Å². The van der Waals surface area contributed by atoms with Gasteiger partial charge in [-0.2, -0.15) is 0 Å². The zero-order valence-corrected chi connectivity index (χ0v) is 16.0. The number of hydrogen-bond donors (Lipinski definition) is 1. The molecular weight excluding hydrogens is 344 g/mol. The van der Waals surface area contributed by atoms with Gasteiger partial charge in [0.05, 0.1) is 0 Å². The second-order valence-corrected chi connectivity index (χ2v) is 7.21. The van der Waals surface area contributed by atoms with E-state index in [0.717, 1.165) is 24.8 Å². The van der Waals surface area contributed by atoms with Crippen LogP contribution in [0, 0.1) is 12.8 Å². The summed E-state index contributed by atoms with van der Waals surface area (Å²) in [6.07, 6.45) is 3.51. The summed E-state index contributed by atoms with van der Waals surface area (Å²) in [5.41, 5.74) is 0.872. The summed E-state index contributed by atoms with van der Waals surface area (Å²) in [6.45, 7) is 5.38. The number of hydrogen-bond acceptors (Lipinski definition) is 5. The van der Waals surface area contributed by atoms with Gasteiger partial charge in [-0.25, -0.2) is 9.78 Å². The molecule has 0 radical (unpaired) electrons. The van der Waals surface area contributed by atoms with Crippen LogP contribution in [0.1, 0.15) is 55.8 Å². The highest BCUT2D eigenvalue weighted by Crippen LogP contribution is 2.24. The Morgan fingerprint density at radius 1 is 1.22 bits per heavy atom. The fourth-order valence-corrected chi connectivity index (χ4v) is 3.39. The molecule has 1 N–H and O–H groups in total. The molecule has 0 spiro atoms. The van der Waals surface area contributed by atoms with E-state index < -0.39 is 12.1 Å². The van der Waals surface area contributed by atoms with Crippen LogP contribution in [0.4, 0.5) is 0 Å². The Kier molecular flexibility index (Phi) is 5.94. The Morgan fingerprint density at radius 2 is 1.93 bits per heavy atom. The van der Waals surface area contributed by atoms with Gasteiger partial charge in [0.25, 0.3) is 5.91 Å². The molecule has 3 rings (SSSR count). The summed E-state index contributed by atoms with van der Waals surface area (Å²) in [6, 6.07) is 9.47. The first kappa shape index (κ1) is 19.1. The van der Waals surface area contributed by atoms with Gasteiger partial charge in [0.15, 0.2) is 11.8 Å². The summed E-state index contributed by atoms with van der Waals surface area (Å²) >= 11 is 0. The summed E-state index contributed by atoms with van der Waals surface area (Å²) in [5.74, 6) is 0.238. The fraction of sp³-hybridized carbons (Fsp3) is 0.476. The molecule has 0 aliphatic heterocycles. The van der Waals surface area contributed by atoms with Gasteiger partial charge in [0.2, 0.25) is 5.89 Å². The number of nitrogens with zero attached hydrogens (tertiary/aromatic N) is 1. The van der Waals surface area contributed by atoms with Gasteiger partial charge in [-0.1, -0.05) is 38.0 Å². The molecule has 0 bridgehead atoms. The van der Waals surface area contributed by atoms with Crippen molar-refractivity contribution in [3.63, 3.8) is 0 Å². The molecule has 1 heterocycles. The Balaban J connectivity index is 1.63. The van der Waals surface area contributed by atoms with Crippen LogP contribution in [0.3, 0.4) is 0 Å². The van der Waals surface area contributed by atoms with Crippen LogP contribution in [0.15, 0.2) is 34.7 Å². The maximum Gasteiger partial charge on any atom is 0.361 e. The van der Waals surface area contributed by atoms with Crippen molar-refractivity contribution < 1.29 is 18.7 Å². The zero-order valence-electron chi connectivity index (χ0n) is 16.0. The maximum absolute atomic E-state index is 12.5. The van der Waals surface area contributed by atoms with Gasteiger partial charge < -0.3 is 14.5 Å². The number of carbonyl (C=O) groups is 2. The summed E-state index contributed by atoms with van der Waals surface area (Å²) < 4.78 is 10.9. The molecule has 1 fully saturated rings. The van der Waals surface area contributed by atoms with Crippen molar-refractivity contribution in [1.29, 1.82) is 0 Å². The molecule has 27 heavy (non-hydrogen) atoms. The van der Waals surface area contributed by atoms with E-state index in [1.54, 1.807) is 13.8 Å². The lowest BCUT2D eigenvalue weighted by Crippen LogP contribution is -2.46. The minimum Gasteiger partial charge on any atom is -0.448 e. The van der Waals surface area contributed by atoms with Crippen molar-refractivity contribution in [1.82, 2.24) is 10.3 Å². The Morgan fingerprint density at radius 3 is 2.63 bits per heavy atom. The van der Waals surface area contributed by atoms with Gasteiger partial charge in [-0.05, 0) is 44.7 Å². The zero-order chi connectivity index (χ0) is 19.4. The van der Waals surface area contributed by atoms with E-state index >= 15 is 0 Å². The number of oxazole rings is 1. The van der Waals surface area contributed by atoms with Crippen molar-refractivity contribution in [2.45, 2.75) is 58.6 Å². The third kappa shape index (κ3) is 4.56. The lowest BCUT2D eigenvalue weighted by Gasteiger charge is -2.30. The number of benzene rings is 1. The van der Waals surface area contributed by atoms with Crippen LogP contribution in [-0.4, -0.2) is 29.0 Å². The number of rotatable bonds is 5. The van der Waals surface area contributed by atoms with Crippen LogP contribution in [0.2, 0.25) is 0 Å². The molecule has 1 aromatic carbocycles. The first-order chi connectivity index (χ1) is 13.0. The van der Waals surface area contributed by atoms with E-state index in [4.69, 9.17) is 9.15 Å². The van der Waals surface area contributed by atoms with Crippen molar-refractivity contribution in [2.75, 3.05) is 0 Å². The molecule has 1 amide bonds. The first-order valence-corrected chi connectivity index (χ1v) is 9.50. The average molecular weight is 370 g/mol. The number of carbonyl (C=O) groups excluding carboxylic acids is 2. The summed E-state index contributed by atoms with van der Waals surface area (Å²) in [7, 11) is 0. The largest absolute Gasteiger partial charge is 0.448 e. The molecule has 1 aliphatic carbocycles. The van der Waals surface area contributed by atoms with Crippen molar-refractivity contribution in [3.05, 3.63) is 41.8 Å². The molecule has 2 aromatic rings. The highest BCUT2D eigenvalue weighted by molar-refractivity contribution is 5.91. The van der Waals surface area contributed by atoms with Gasteiger partial charge in [0.1, 0.15) is 5.76 Å². The van der Waals surface area contributed by atoms with E-state index in [-0.39, 0.29) is 17.6 Å². The first-order valence-electron chi connectivity index (χ1n) is 9.50. The fourth-order valence-electron chi connectivity index (χ4n) is 3.39. The summed E-state index contributed by atoms with van der Waals surface area (Å²) in [4.78, 5) is 29.1. The minimum absolute atomic E-state index is 0.0968. The molecule has 144 valence electrons. The topological polar surface area (TPSA) is 81.4 Å². The standard InChI is InChI=1S/C21H26N2O4/c1-13-9-7-8-12-17(13)22-19(24)15(3)27-21(25)18-14(2)26-20(23-18)16-10-5-4-6-11-16/h4-6,10-11,13,15,17H,7-9,12H2,1-3H3,(H,22,24)/t13-,15-,17+/m0/s1. The molecule has 1 saturated carbocycles. The lowest BCUT2D eigenvalue weighted by atomic mass is 9.86. The molecule has 1 aliphatic rings. The number of amides is 1. The van der Waals surface area contributed by atoms with Crippen LogP contribution in [-0.2, 0) is 9.53 Å². The molecule has 1 aromatic heterocycles. The quantitative estimate of drug-likeness (QED) is 0.808. The molecule has 0 saturated heterocycles. The number of aryl methyl sites for hydroxylation is 1. The molecule has 0 unspecified atom stereocenters. The van der Waals surface area contributed by atoms with Crippen LogP contribution >= 0.6 is 0 Å². The number of aromatic nitrogens is 1. The monoisotopic (exact) mass is 370 g/mol. The van der Waals surface area contributed by atoms with Crippen molar-refractivity contribution >= 4 is 11.9 Å². The smallest absolute Gasteiger partial charge is 0.361 e. The third-order valence-electron chi connectivity index (χ3n) is 5.10. The average Bonchev–Trinajstić information content (AvgIpc) is 3.06. The molecular formula is C21H26N2O4. The van der Waals surface area contributed by atoms with Crippen molar-refractivity contribution in [3.8, 4) is 11.5 Å². The molecule has 6 heteroatoms. The van der Waals surface area contributed by atoms with Crippen molar-refractivity contribution in [2.24, 2.45) is 5.92 Å². The maximum atomic E-state index is 12.5. The number of nitrogens with one attached hydrogen (secondary N) is 1. The highest BCUT2D eigenvalue weighted by atomic mass is 16.5. The van der Waals surface area contributed by atoms with E-state index in [1.807, 2.05) is 30.3 Å².